The van der Waals surface area contributed by atoms with Crippen molar-refractivity contribution in [3.8, 4) is 16.9 Å². The van der Waals surface area contributed by atoms with Crippen molar-refractivity contribution in [1.29, 1.82) is 0 Å². The summed E-state index contributed by atoms with van der Waals surface area (Å²) < 4.78 is 28.9. The molecule has 0 saturated carbocycles. The molecule has 2 aromatic rings. The van der Waals surface area contributed by atoms with E-state index in [9.17, 15) is 8.42 Å². The van der Waals surface area contributed by atoms with Crippen molar-refractivity contribution in [2.24, 2.45) is 0 Å². The standard InChI is InChI=1S/C19H23NO3S/c1-20(18-10-11-24(21,22)14-18)13-17-9-8-16(12-19(17)23-2)15-6-4-3-5-7-15/h3-9,12,18H,10-11,13-14H2,1-2H3/t18-/m1/s1. The smallest absolute Gasteiger partial charge is 0.151 e. The van der Waals surface area contributed by atoms with E-state index in [1.807, 2.05) is 31.3 Å². The van der Waals surface area contributed by atoms with E-state index in [4.69, 9.17) is 4.74 Å². The second kappa shape index (κ2) is 6.95. The molecule has 0 amide bonds. The third kappa shape index (κ3) is 3.79. The van der Waals surface area contributed by atoms with Gasteiger partial charge in [-0.3, -0.25) is 4.90 Å². The van der Waals surface area contributed by atoms with Crippen molar-refractivity contribution in [3.05, 3.63) is 54.1 Å². The molecule has 0 aliphatic carbocycles. The molecule has 0 radical (unpaired) electrons. The Balaban J connectivity index is 1.79. The highest BCUT2D eigenvalue weighted by molar-refractivity contribution is 7.91. The molecule has 1 aliphatic heterocycles. The van der Waals surface area contributed by atoms with Crippen LogP contribution in [0.15, 0.2) is 48.5 Å². The first-order chi connectivity index (χ1) is 11.5. The summed E-state index contributed by atoms with van der Waals surface area (Å²) in [5, 5.41) is 0. The lowest BCUT2D eigenvalue weighted by atomic mass is 10.0. The fourth-order valence-corrected chi connectivity index (χ4v) is 5.01. The van der Waals surface area contributed by atoms with Gasteiger partial charge in [-0.05, 0) is 30.7 Å². The van der Waals surface area contributed by atoms with Crippen molar-refractivity contribution in [2.45, 2.75) is 19.0 Å². The van der Waals surface area contributed by atoms with Gasteiger partial charge in [-0.15, -0.1) is 0 Å². The number of rotatable bonds is 5. The first kappa shape index (κ1) is 17.0. The summed E-state index contributed by atoms with van der Waals surface area (Å²) in [6.45, 7) is 0.679. The zero-order valence-electron chi connectivity index (χ0n) is 14.1. The van der Waals surface area contributed by atoms with E-state index < -0.39 is 9.84 Å². The van der Waals surface area contributed by atoms with E-state index in [1.54, 1.807) is 7.11 Å². The van der Waals surface area contributed by atoms with E-state index in [1.165, 1.54) is 0 Å². The molecule has 128 valence electrons. The third-order valence-corrected chi connectivity index (χ3v) is 6.40. The van der Waals surface area contributed by atoms with Gasteiger partial charge in [0.2, 0.25) is 0 Å². The summed E-state index contributed by atoms with van der Waals surface area (Å²) in [5.41, 5.74) is 3.34. The molecule has 24 heavy (non-hydrogen) atoms. The lowest BCUT2D eigenvalue weighted by Crippen LogP contribution is -2.32. The molecule has 1 aliphatic rings. The molecule has 1 saturated heterocycles. The highest BCUT2D eigenvalue weighted by atomic mass is 32.2. The van der Waals surface area contributed by atoms with Crippen molar-refractivity contribution >= 4 is 9.84 Å². The van der Waals surface area contributed by atoms with Gasteiger partial charge in [0.05, 0.1) is 18.6 Å². The van der Waals surface area contributed by atoms with E-state index in [0.717, 1.165) is 22.4 Å². The molecule has 0 N–H and O–H groups in total. The van der Waals surface area contributed by atoms with Crippen molar-refractivity contribution in [3.63, 3.8) is 0 Å². The van der Waals surface area contributed by atoms with E-state index >= 15 is 0 Å². The molecule has 5 heteroatoms. The fourth-order valence-electron chi connectivity index (χ4n) is 3.21. The Kier molecular flexibility index (Phi) is 4.92. The van der Waals surface area contributed by atoms with Crippen molar-refractivity contribution in [1.82, 2.24) is 4.90 Å². The topological polar surface area (TPSA) is 46.6 Å². The Labute approximate surface area is 144 Å². The maximum atomic E-state index is 11.7. The fraction of sp³-hybridized carbons (Fsp3) is 0.368. The lowest BCUT2D eigenvalue weighted by Gasteiger charge is -2.24. The van der Waals surface area contributed by atoms with Gasteiger partial charge in [-0.2, -0.15) is 0 Å². The Bertz CT molecular complexity index is 803. The predicted octanol–water partition coefficient (Wildman–Crippen LogP) is 2.98. The summed E-state index contributed by atoms with van der Waals surface area (Å²) in [5.74, 6) is 1.39. The Hall–Kier alpha value is -1.85. The van der Waals surface area contributed by atoms with Crippen LogP contribution in [0.5, 0.6) is 5.75 Å². The van der Waals surface area contributed by atoms with Crippen molar-refractivity contribution in [2.75, 3.05) is 25.7 Å². The van der Waals surface area contributed by atoms with Crippen LogP contribution in [0.2, 0.25) is 0 Å². The highest BCUT2D eigenvalue weighted by Crippen LogP contribution is 2.29. The highest BCUT2D eigenvalue weighted by Gasteiger charge is 2.30. The van der Waals surface area contributed by atoms with E-state index in [0.29, 0.717) is 18.7 Å². The van der Waals surface area contributed by atoms with Gasteiger partial charge in [-0.25, -0.2) is 8.42 Å². The van der Waals surface area contributed by atoms with Crippen LogP contribution in [-0.2, 0) is 16.4 Å². The normalized spacial score (nSPS) is 19.5. The molecule has 3 rings (SSSR count). The number of hydrogen-bond donors (Lipinski definition) is 0. The molecule has 1 atom stereocenters. The maximum Gasteiger partial charge on any atom is 0.151 e. The first-order valence-electron chi connectivity index (χ1n) is 8.11. The molecule has 0 aromatic heterocycles. The first-order valence-corrected chi connectivity index (χ1v) is 9.93. The van der Waals surface area contributed by atoms with Gasteiger partial charge in [0.15, 0.2) is 9.84 Å². The lowest BCUT2D eigenvalue weighted by molar-refractivity contribution is 0.250. The molecule has 2 aromatic carbocycles. The van der Waals surface area contributed by atoms with E-state index in [2.05, 4.69) is 29.2 Å². The van der Waals surface area contributed by atoms with Crippen LogP contribution in [-0.4, -0.2) is 45.0 Å². The molecule has 4 nitrogen and oxygen atoms in total. The number of methoxy groups -OCH3 is 1. The Morgan fingerprint density at radius 2 is 1.88 bits per heavy atom. The second-order valence-corrected chi connectivity index (χ2v) is 8.59. The summed E-state index contributed by atoms with van der Waals surface area (Å²) in [6.07, 6.45) is 0.712. The molecule has 1 fully saturated rings. The van der Waals surface area contributed by atoms with Crippen molar-refractivity contribution < 1.29 is 13.2 Å². The van der Waals surface area contributed by atoms with Gasteiger partial charge in [0, 0.05) is 18.2 Å². The number of benzene rings is 2. The van der Waals surface area contributed by atoms with Crippen LogP contribution in [0.1, 0.15) is 12.0 Å². The van der Waals surface area contributed by atoms with Crippen LogP contribution in [0.3, 0.4) is 0 Å². The quantitative estimate of drug-likeness (QED) is 0.836. The molecular weight excluding hydrogens is 322 g/mol. The van der Waals surface area contributed by atoms with Crippen LogP contribution < -0.4 is 4.74 Å². The van der Waals surface area contributed by atoms with Gasteiger partial charge < -0.3 is 4.74 Å². The minimum atomic E-state index is -2.86. The molecular formula is C19H23NO3S. The third-order valence-electron chi connectivity index (χ3n) is 4.65. The summed E-state index contributed by atoms with van der Waals surface area (Å²) in [4.78, 5) is 2.12. The Morgan fingerprint density at radius 3 is 2.50 bits per heavy atom. The zero-order valence-corrected chi connectivity index (χ0v) is 14.9. The van der Waals surface area contributed by atoms with Gasteiger partial charge in [0.25, 0.3) is 0 Å². The average molecular weight is 345 g/mol. The largest absolute Gasteiger partial charge is 0.496 e. The summed E-state index contributed by atoms with van der Waals surface area (Å²) in [6, 6.07) is 16.5. The zero-order chi connectivity index (χ0) is 17.2. The average Bonchev–Trinajstić information content (AvgIpc) is 2.96. The van der Waals surface area contributed by atoms with E-state index in [-0.39, 0.29) is 11.8 Å². The second-order valence-electron chi connectivity index (χ2n) is 6.36. The van der Waals surface area contributed by atoms with Gasteiger partial charge in [0.1, 0.15) is 5.75 Å². The number of ether oxygens (including phenoxy) is 1. The van der Waals surface area contributed by atoms with Crippen LogP contribution in [0.25, 0.3) is 11.1 Å². The minimum Gasteiger partial charge on any atom is -0.496 e. The monoisotopic (exact) mass is 345 g/mol. The van der Waals surface area contributed by atoms with Crippen LogP contribution >= 0.6 is 0 Å². The van der Waals surface area contributed by atoms with Crippen LogP contribution in [0.4, 0.5) is 0 Å². The molecule has 0 unspecified atom stereocenters. The summed E-state index contributed by atoms with van der Waals surface area (Å²) >= 11 is 0. The van der Waals surface area contributed by atoms with Gasteiger partial charge in [-0.1, -0.05) is 42.5 Å². The minimum absolute atomic E-state index is 0.0912. The SMILES string of the molecule is COc1cc(-c2ccccc2)ccc1CN(C)[C@@H]1CCS(=O)(=O)C1. The summed E-state index contributed by atoms with van der Waals surface area (Å²) in [7, 11) is 0.792. The maximum absolute atomic E-state index is 11.7. The predicted molar refractivity (Wildman–Crippen MR) is 97.0 cm³/mol. The number of sulfone groups is 1. The number of hydrogen-bond acceptors (Lipinski definition) is 4. The van der Waals surface area contributed by atoms with Crippen LogP contribution in [0, 0.1) is 0 Å². The molecule has 0 bridgehead atoms. The molecule has 0 spiro atoms. The van der Waals surface area contributed by atoms with Gasteiger partial charge >= 0.3 is 0 Å². The molecule has 1 heterocycles. The Morgan fingerprint density at radius 1 is 1.12 bits per heavy atom. The number of nitrogens with zero attached hydrogens (tertiary/aromatic N) is 1.